The van der Waals surface area contributed by atoms with Crippen molar-refractivity contribution in [1.82, 2.24) is 10.2 Å². The number of hydrogen-bond acceptors (Lipinski definition) is 3. The van der Waals surface area contributed by atoms with Gasteiger partial charge >= 0.3 is 6.18 Å². The first-order valence-corrected chi connectivity index (χ1v) is 12.9. The minimum absolute atomic E-state index is 0.0402. The fourth-order valence-electron chi connectivity index (χ4n) is 5.26. The molecule has 1 saturated heterocycles. The summed E-state index contributed by atoms with van der Waals surface area (Å²) in [6.07, 6.45) is 0.725. The van der Waals surface area contributed by atoms with Crippen molar-refractivity contribution in [2.24, 2.45) is 5.73 Å². The molecule has 5 nitrogen and oxygen atoms in total. The molecule has 0 bridgehead atoms. The molecule has 3 atom stereocenters. The van der Waals surface area contributed by atoms with Crippen molar-refractivity contribution in [2.45, 2.75) is 69.0 Å². The van der Waals surface area contributed by atoms with Crippen molar-refractivity contribution in [2.75, 3.05) is 19.6 Å². The molecule has 0 spiro atoms. The lowest BCUT2D eigenvalue weighted by Crippen LogP contribution is -2.39. The van der Waals surface area contributed by atoms with Crippen LogP contribution in [0, 0.1) is 5.82 Å². The van der Waals surface area contributed by atoms with Crippen molar-refractivity contribution in [3.8, 4) is 0 Å². The lowest BCUT2D eigenvalue weighted by atomic mass is 9.86. The zero-order chi connectivity index (χ0) is 26.6. The van der Waals surface area contributed by atoms with E-state index in [1.807, 2.05) is 0 Å². The van der Waals surface area contributed by atoms with Gasteiger partial charge in [-0.2, -0.15) is 13.2 Å². The highest BCUT2D eigenvalue weighted by molar-refractivity contribution is 5.97. The van der Waals surface area contributed by atoms with Crippen molar-refractivity contribution < 1.29 is 27.2 Å². The van der Waals surface area contributed by atoms with Gasteiger partial charge in [-0.3, -0.25) is 9.59 Å². The first-order valence-electron chi connectivity index (χ1n) is 12.9. The molecule has 3 N–H and O–H groups in total. The molecular weight excluding hydrogens is 486 g/mol. The number of likely N-dealkylation sites (tertiary alicyclic amines) is 1. The largest absolute Gasteiger partial charge is 0.416 e. The van der Waals surface area contributed by atoms with Crippen molar-refractivity contribution in [3.05, 3.63) is 70.5 Å². The number of halogens is 4. The number of nitrogens with two attached hydrogens (primary N) is 1. The van der Waals surface area contributed by atoms with Crippen LogP contribution in [0.25, 0.3) is 0 Å². The minimum atomic E-state index is -4.60. The van der Waals surface area contributed by atoms with Crippen LogP contribution in [0.5, 0.6) is 0 Å². The Balaban J connectivity index is 1.42. The molecule has 200 valence electrons. The number of alkyl halides is 3. The monoisotopic (exact) mass is 519 g/mol. The number of rotatable bonds is 10. The SMILES string of the molecule is NC(=O)c1ccc(C(F)(F)F)cc1[C@H](CCCCN[C@@H]1C[C@H]1c1ccc(F)cc1)C(=O)N1CCCCC1. The Hall–Kier alpha value is -2.94. The number of carbonyl (C=O) groups is 2. The molecule has 2 aromatic carbocycles. The molecule has 0 aromatic heterocycles. The fourth-order valence-corrected chi connectivity index (χ4v) is 5.26. The summed E-state index contributed by atoms with van der Waals surface area (Å²) in [5, 5.41) is 3.47. The Bertz CT molecular complexity index is 1100. The number of nitrogens with one attached hydrogen (secondary N) is 1. The van der Waals surface area contributed by atoms with Crippen LogP contribution in [0.1, 0.15) is 83.8 Å². The lowest BCUT2D eigenvalue weighted by molar-refractivity contribution is -0.138. The standard InChI is InChI=1S/C28H33F4N3O2/c29-20-10-7-18(8-11-20)23-17-25(23)34-13-3-2-6-22(27(37)35-14-4-1-5-15-35)24-16-19(28(30,31)32)9-12-21(24)26(33)36/h7-12,16,22-23,25,34H,1-6,13-15,17H2,(H2,33,36)/t22-,23-,25+/m0/s1. The number of nitrogens with zero attached hydrogens (tertiary/aromatic N) is 1. The zero-order valence-corrected chi connectivity index (χ0v) is 20.7. The molecular formula is C28H33F4N3O2. The maximum Gasteiger partial charge on any atom is 0.416 e. The third-order valence-corrected chi connectivity index (χ3v) is 7.40. The zero-order valence-electron chi connectivity index (χ0n) is 20.7. The predicted octanol–water partition coefficient (Wildman–Crippen LogP) is 5.36. The van der Waals surface area contributed by atoms with Crippen LogP contribution in [0.15, 0.2) is 42.5 Å². The third-order valence-electron chi connectivity index (χ3n) is 7.40. The van der Waals surface area contributed by atoms with Crippen LogP contribution in [0.3, 0.4) is 0 Å². The first-order chi connectivity index (χ1) is 17.6. The maximum atomic E-state index is 13.5. The highest BCUT2D eigenvalue weighted by atomic mass is 19.4. The van der Waals surface area contributed by atoms with Gasteiger partial charge in [0.05, 0.1) is 11.5 Å². The van der Waals surface area contributed by atoms with Gasteiger partial charge in [-0.1, -0.05) is 18.6 Å². The molecule has 2 amide bonds. The molecule has 2 aliphatic rings. The van der Waals surface area contributed by atoms with E-state index >= 15 is 0 Å². The summed E-state index contributed by atoms with van der Waals surface area (Å²) in [6.45, 7) is 1.82. The molecule has 0 radical (unpaired) electrons. The van der Waals surface area contributed by atoms with E-state index in [0.717, 1.165) is 55.9 Å². The summed E-state index contributed by atoms with van der Waals surface area (Å²) in [5.41, 5.74) is 5.71. The lowest BCUT2D eigenvalue weighted by Gasteiger charge is -2.31. The number of unbranched alkanes of at least 4 members (excludes halogenated alkanes) is 1. The summed E-state index contributed by atoms with van der Waals surface area (Å²) >= 11 is 0. The Morgan fingerprint density at radius 1 is 1.03 bits per heavy atom. The quantitative estimate of drug-likeness (QED) is 0.328. The topological polar surface area (TPSA) is 75.4 Å². The summed E-state index contributed by atoms with van der Waals surface area (Å²) in [6, 6.07) is 9.65. The van der Waals surface area contributed by atoms with Gasteiger partial charge < -0.3 is 16.0 Å². The highest BCUT2D eigenvalue weighted by Crippen LogP contribution is 2.41. The van der Waals surface area contributed by atoms with Crippen LogP contribution in [0.2, 0.25) is 0 Å². The smallest absolute Gasteiger partial charge is 0.366 e. The van der Waals surface area contributed by atoms with Crippen molar-refractivity contribution in [1.29, 1.82) is 0 Å². The van der Waals surface area contributed by atoms with Crippen LogP contribution in [0.4, 0.5) is 17.6 Å². The Labute approximate surface area is 214 Å². The normalized spacial score (nSPS) is 20.5. The van der Waals surface area contributed by atoms with Gasteiger partial charge in [0.1, 0.15) is 5.82 Å². The van der Waals surface area contributed by atoms with E-state index in [-0.39, 0.29) is 22.9 Å². The molecule has 0 unspecified atom stereocenters. The number of benzene rings is 2. The number of primary amides is 1. The molecule has 1 saturated carbocycles. The molecule has 1 aliphatic carbocycles. The van der Waals surface area contributed by atoms with Crippen LogP contribution in [-0.2, 0) is 11.0 Å². The molecule has 9 heteroatoms. The van der Waals surface area contributed by atoms with E-state index in [0.29, 0.717) is 44.4 Å². The Morgan fingerprint density at radius 3 is 2.38 bits per heavy atom. The Morgan fingerprint density at radius 2 is 1.73 bits per heavy atom. The van der Waals surface area contributed by atoms with Gasteiger partial charge in [-0.05, 0) is 86.5 Å². The van der Waals surface area contributed by atoms with Gasteiger partial charge in [-0.15, -0.1) is 0 Å². The number of piperidine rings is 1. The summed E-state index contributed by atoms with van der Waals surface area (Å²) in [4.78, 5) is 27.3. The third kappa shape index (κ3) is 6.89. The van der Waals surface area contributed by atoms with Crippen LogP contribution >= 0.6 is 0 Å². The van der Waals surface area contributed by atoms with Crippen molar-refractivity contribution in [3.63, 3.8) is 0 Å². The Kier molecular flexibility index (Phi) is 8.52. The molecule has 1 aliphatic heterocycles. The van der Waals surface area contributed by atoms with Crippen molar-refractivity contribution >= 4 is 11.8 Å². The number of hydrogen-bond donors (Lipinski definition) is 2. The average Bonchev–Trinajstić information content (AvgIpc) is 3.65. The molecule has 2 fully saturated rings. The molecule has 1 heterocycles. The number of carbonyl (C=O) groups excluding carboxylic acids is 2. The maximum absolute atomic E-state index is 13.5. The summed E-state index contributed by atoms with van der Waals surface area (Å²) < 4.78 is 53.6. The second kappa shape index (κ2) is 11.6. The van der Waals surface area contributed by atoms with E-state index in [9.17, 15) is 27.2 Å². The molecule has 2 aromatic rings. The summed E-state index contributed by atoms with van der Waals surface area (Å²) in [7, 11) is 0. The second-order valence-corrected chi connectivity index (χ2v) is 10.1. The van der Waals surface area contributed by atoms with Gasteiger partial charge in [0, 0.05) is 30.6 Å². The molecule has 37 heavy (non-hydrogen) atoms. The summed E-state index contributed by atoms with van der Waals surface area (Å²) in [5.74, 6) is -1.87. The first kappa shape index (κ1) is 27.1. The van der Waals surface area contributed by atoms with E-state index < -0.39 is 23.6 Å². The van der Waals surface area contributed by atoms with Gasteiger partial charge in [0.15, 0.2) is 0 Å². The van der Waals surface area contributed by atoms with Gasteiger partial charge in [-0.25, -0.2) is 4.39 Å². The van der Waals surface area contributed by atoms with Crippen LogP contribution in [-0.4, -0.2) is 42.4 Å². The average molecular weight is 520 g/mol. The number of amides is 2. The van der Waals surface area contributed by atoms with E-state index in [1.54, 1.807) is 17.0 Å². The van der Waals surface area contributed by atoms with Crippen LogP contribution < -0.4 is 11.1 Å². The van der Waals surface area contributed by atoms with E-state index in [2.05, 4.69) is 5.32 Å². The van der Waals surface area contributed by atoms with E-state index in [4.69, 9.17) is 5.73 Å². The second-order valence-electron chi connectivity index (χ2n) is 10.1. The van der Waals surface area contributed by atoms with E-state index in [1.165, 1.54) is 12.1 Å². The highest BCUT2D eigenvalue weighted by Gasteiger charge is 2.38. The predicted molar refractivity (Wildman–Crippen MR) is 133 cm³/mol. The van der Waals surface area contributed by atoms with Gasteiger partial charge in [0.2, 0.25) is 11.8 Å². The molecule has 4 rings (SSSR count). The fraction of sp³-hybridized carbons (Fsp3) is 0.500. The van der Waals surface area contributed by atoms with Gasteiger partial charge in [0.25, 0.3) is 0 Å². The minimum Gasteiger partial charge on any atom is -0.366 e.